The summed E-state index contributed by atoms with van der Waals surface area (Å²) in [5, 5.41) is 0. The third kappa shape index (κ3) is 3.75. The van der Waals surface area contributed by atoms with Gasteiger partial charge < -0.3 is 23.4 Å². The van der Waals surface area contributed by atoms with Gasteiger partial charge in [-0.15, -0.1) is 0 Å². The first-order valence-corrected chi connectivity index (χ1v) is 8.33. The highest BCUT2D eigenvalue weighted by molar-refractivity contribution is 5.53. The van der Waals surface area contributed by atoms with Gasteiger partial charge in [0.05, 0.1) is 40.6 Å². The first-order valence-electron chi connectivity index (χ1n) is 8.33. The first-order chi connectivity index (χ1) is 12.2. The summed E-state index contributed by atoms with van der Waals surface area (Å²) in [6, 6.07) is 8.09. The van der Waals surface area contributed by atoms with Crippen LogP contribution in [0.4, 0.5) is 0 Å². The number of methoxy groups -OCH3 is 3. The highest BCUT2D eigenvalue weighted by atomic mass is 16.5. The van der Waals surface area contributed by atoms with E-state index in [-0.39, 0.29) is 6.04 Å². The van der Waals surface area contributed by atoms with Crippen molar-refractivity contribution in [3.63, 3.8) is 0 Å². The van der Waals surface area contributed by atoms with Gasteiger partial charge in [-0.2, -0.15) is 0 Å². The number of hydrogen-bond acceptors (Lipinski definition) is 6. The predicted molar refractivity (Wildman–Crippen MR) is 93.5 cm³/mol. The molecule has 0 N–H and O–H groups in total. The van der Waals surface area contributed by atoms with E-state index in [1.165, 1.54) is 0 Å². The Labute approximate surface area is 148 Å². The van der Waals surface area contributed by atoms with Crippen LogP contribution in [0, 0.1) is 6.92 Å². The maximum absolute atomic E-state index is 5.83. The smallest absolute Gasteiger partial charge is 0.203 e. The Morgan fingerprint density at radius 1 is 1.08 bits per heavy atom. The van der Waals surface area contributed by atoms with Crippen molar-refractivity contribution in [3.8, 4) is 17.2 Å². The molecular formula is C19H25NO5. The van der Waals surface area contributed by atoms with Crippen LogP contribution in [0.2, 0.25) is 0 Å². The Morgan fingerprint density at radius 3 is 2.36 bits per heavy atom. The molecule has 0 unspecified atom stereocenters. The Bertz CT molecular complexity index is 687. The summed E-state index contributed by atoms with van der Waals surface area (Å²) >= 11 is 0. The van der Waals surface area contributed by atoms with Crippen LogP contribution < -0.4 is 14.2 Å². The minimum Gasteiger partial charge on any atom is -0.493 e. The summed E-state index contributed by atoms with van der Waals surface area (Å²) in [7, 11) is 4.87. The van der Waals surface area contributed by atoms with Gasteiger partial charge in [0.25, 0.3) is 0 Å². The number of morpholine rings is 1. The number of rotatable bonds is 6. The number of ether oxygens (including phenoxy) is 4. The number of benzene rings is 1. The van der Waals surface area contributed by atoms with Crippen LogP contribution in [0.15, 0.2) is 28.7 Å². The fourth-order valence-corrected chi connectivity index (χ4v) is 3.18. The van der Waals surface area contributed by atoms with Crippen molar-refractivity contribution in [2.75, 3.05) is 41.1 Å². The van der Waals surface area contributed by atoms with Gasteiger partial charge in [0.2, 0.25) is 5.75 Å². The second-order valence-electron chi connectivity index (χ2n) is 6.04. The lowest BCUT2D eigenvalue weighted by Crippen LogP contribution is -2.38. The van der Waals surface area contributed by atoms with Gasteiger partial charge in [-0.25, -0.2) is 0 Å². The Balaban J connectivity index is 1.86. The summed E-state index contributed by atoms with van der Waals surface area (Å²) in [6.07, 6.45) is 0. The molecule has 25 heavy (non-hydrogen) atoms. The molecule has 0 aliphatic carbocycles. The fourth-order valence-electron chi connectivity index (χ4n) is 3.18. The maximum atomic E-state index is 5.83. The van der Waals surface area contributed by atoms with Crippen LogP contribution in [0.1, 0.15) is 23.1 Å². The topological polar surface area (TPSA) is 53.3 Å². The third-order valence-corrected chi connectivity index (χ3v) is 4.44. The van der Waals surface area contributed by atoms with E-state index in [1.807, 2.05) is 31.2 Å². The Morgan fingerprint density at radius 2 is 1.80 bits per heavy atom. The molecule has 1 aromatic carbocycles. The zero-order chi connectivity index (χ0) is 17.8. The van der Waals surface area contributed by atoms with E-state index >= 15 is 0 Å². The first kappa shape index (κ1) is 17.6. The minimum absolute atomic E-state index is 0.0986. The van der Waals surface area contributed by atoms with E-state index < -0.39 is 0 Å². The average Bonchev–Trinajstić information content (AvgIpc) is 3.07. The zero-order valence-corrected chi connectivity index (χ0v) is 15.2. The molecule has 0 radical (unpaired) electrons. The van der Waals surface area contributed by atoms with Crippen LogP contribution >= 0.6 is 0 Å². The molecule has 0 bridgehead atoms. The van der Waals surface area contributed by atoms with Crippen LogP contribution in [0.5, 0.6) is 17.2 Å². The highest BCUT2D eigenvalue weighted by Gasteiger charge is 2.27. The molecule has 1 aromatic heterocycles. The zero-order valence-electron chi connectivity index (χ0n) is 15.2. The molecule has 1 saturated heterocycles. The molecule has 1 aliphatic heterocycles. The Kier molecular flexibility index (Phi) is 5.50. The van der Waals surface area contributed by atoms with E-state index in [0.717, 1.165) is 30.2 Å². The molecule has 0 saturated carbocycles. The summed E-state index contributed by atoms with van der Waals surface area (Å²) in [5.74, 6) is 3.78. The largest absolute Gasteiger partial charge is 0.493 e. The van der Waals surface area contributed by atoms with Crippen LogP contribution in [-0.2, 0) is 11.3 Å². The molecule has 0 amide bonds. The van der Waals surface area contributed by atoms with Crippen molar-refractivity contribution in [3.05, 3.63) is 41.3 Å². The van der Waals surface area contributed by atoms with Crippen LogP contribution in [0.3, 0.4) is 0 Å². The fraction of sp³-hybridized carbons (Fsp3) is 0.474. The van der Waals surface area contributed by atoms with E-state index in [0.29, 0.717) is 30.5 Å². The highest BCUT2D eigenvalue weighted by Crippen LogP contribution is 2.39. The molecule has 3 rings (SSSR count). The molecule has 6 nitrogen and oxygen atoms in total. The molecule has 1 atom stereocenters. The molecule has 136 valence electrons. The maximum Gasteiger partial charge on any atom is 0.203 e. The van der Waals surface area contributed by atoms with Gasteiger partial charge in [-0.3, -0.25) is 4.90 Å². The van der Waals surface area contributed by atoms with Crippen molar-refractivity contribution in [2.45, 2.75) is 19.5 Å². The third-order valence-electron chi connectivity index (χ3n) is 4.44. The van der Waals surface area contributed by atoms with Gasteiger partial charge in [-0.1, -0.05) is 0 Å². The summed E-state index contributed by atoms with van der Waals surface area (Å²) in [6.45, 7) is 4.86. The molecular weight excluding hydrogens is 322 g/mol. The lowest BCUT2D eigenvalue weighted by molar-refractivity contribution is -0.0205. The summed E-state index contributed by atoms with van der Waals surface area (Å²) < 4.78 is 27.8. The lowest BCUT2D eigenvalue weighted by Gasteiger charge is -2.34. The van der Waals surface area contributed by atoms with Gasteiger partial charge in [0, 0.05) is 13.1 Å². The van der Waals surface area contributed by atoms with Crippen molar-refractivity contribution >= 4 is 0 Å². The van der Waals surface area contributed by atoms with Crippen molar-refractivity contribution in [2.24, 2.45) is 0 Å². The SMILES string of the molecule is COc1cc(CN2CCOC[C@H]2c2ccc(C)o2)cc(OC)c1OC. The molecule has 2 heterocycles. The van der Waals surface area contributed by atoms with Crippen molar-refractivity contribution in [1.29, 1.82) is 0 Å². The van der Waals surface area contributed by atoms with E-state index in [4.69, 9.17) is 23.4 Å². The number of aryl methyl sites for hydroxylation is 1. The van der Waals surface area contributed by atoms with Crippen LogP contribution in [0.25, 0.3) is 0 Å². The van der Waals surface area contributed by atoms with Gasteiger partial charge >= 0.3 is 0 Å². The molecule has 6 heteroatoms. The van der Waals surface area contributed by atoms with Gasteiger partial charge in [0.1, 0.15) is 11.5 Å². The molecule has 1 aliphatic rings. The standard InChI is InChI=1S/C19H25NO5/c1-13-5-6-16(25-13)15-12-24-8-7-20(15)11-14-9-17(21-2)19(23-4)18(10-14)22-3/h5-6,9-10,15H,7-8,11-12H2,1-4H3/t15-/m0/s1. The van der Waals surface area contributed by atoms with Crippen molar-refractivity contribution in [1.82, 2.24) is 4.90 Å². The average molecular weight is 347 g/mol. The number of hydrogen-bond donors (Lipinski definition) is 0. The number of furan rings is 1. The molecule has 2 aromatic rings. The normalized spacial score (nSPS) is 18.2. The predicted octanol–water partition coefficient (Wildman–Crippen LogP) is 3.19. The monoisotopic (exact) mass is 347 g/mol. The molecule has 1 fully saturated rings. The second kappa shape index (κ2) is 7.80. The minimum atomic E-state index is 0.0986. The summed E-state index contributed by atoms with van der Waals surface area (Å²) in [4.78, 5) is 2.35. The van der Waals surface area contributed by atoms with E-state index in [9.17, 15) is 0 Å². The van der Waals surface area contributed by atoms with E-state index in [1.54, 1.807) is 21.3 Å². The van der Waals surface area contributed by atoms with E-state index in [2.05, 4.69) is 4.90 Å². The van der Waals surface area contributed by atoms with Crippen LogP contribution in [-0.4, -0.2) is 46.0 Å². The van der Waals surface area contributed by atoms with Crippen molar-refractivity contribution < 1.29 is 23.4 Å². The Hall–Kier alpha value is -2.18. The second-order valence-corrected chi connectivity index (χ2v) is 6.04. The summed E-state index contributed by atoms with van der Waals surface area (Å²) in [5.41, 5.74) is 1.09. The molecule has 0 spiro atoms. The number of nitrogens with zero attached hydrogens (tertiary/aromatic N) is 1. The quantitative estimate of drug-likeness (QED) is 0.800. The van der Waals surface area contributed by atoms with Gasteiger partial charge in [-0.05, 0) is 36.8 Å². The lowest BCUT2D eigenvalue weighted by atomic mass is 10.1. The van der Waals surface area contributed by atoms with Gasteiger partial charge in [0.15, 0.2) is 11.5 Å².